The fourth-order valence-corrected chi connectivity index (χ4v) is 5.84. The van der Waals surface area contributed by atoms with E-state index in [1.165, 1.54) is 36.4 Å². The summed E-state index contributed by atoms with van der Waals surface area (Å²) in [6.45, 7) is 2.70. The zero-order valence-electron chi connectivity index (χ0n) is 24.3. The van der Waals surface area contributed by atoms with Crippen molar-refractivity contribution in [2.45, 2.75) is 39.0 Å². The molecule has 0 bridgehead atoms. The number of pyridine rings is 1. The van der Waals surface area contributed by atoms with Gasteiger partial charge in [-0.2, -0.15) is 0 Å². The van der Waals surface area contributed by atoms with Crippen LogP contribution in [0.1, 0.15) is 29.5 Å². The zero-order valence-corrected chi connectivity index (χ0v) is 25.1. The SMILES string of the molecule is CC(=O)c1cn(CC(=O)N2C[C@H](F)C[C@H]2C(=O)Nc2cccc(-c3ccncc3Cl)c2F)c2ccc(-c3cnc(C)nc3)cc12. The minimum absolute atomic E-state index is 0.127. The number of halogens is 3. The van der Waals surface area contributed by atoms with Gasteiger partial charge in [-0.3, -0.25) is 19.4 Å². The van der Waals surface area contributed by atoms with Crippen LogP contribution in [0.5, 0.6) is 0 Å². The van der Waals surface area contributed by atoms with Gasteiger partial charge in [0.1, 0.15) is 24.6 Å². The number of carbonyl (C=O) groups excluding carboxylic acids is 3. The second-order valence-corrected chi connectivity index (χ2v) is 11.3. The summed E-state index contributed by atoms with van der Waals surface area (Å²) < 4.78 is 31.8. The average Bonchev–Trinajstić information content (AvgIpc) is 3.59. The highest BCUT2D eigenvalue weighted by atomic mass is 35.5. The molecule has 1 N–H and O–H groups in total. The van der Waals surface area contributed by atoms with Crippen LogP contribution in [0.3, 0.4) is 0 Å². The Morgan fingerprint density at radius 1 is 1.04 bits per heavy atom. The number of nitrogens with zero attached hydrogens (tertiary/aromatic N) is 5. The van der Waals surface area contributed by atoms with Crippen molar-refractivity contribution in [2.24, 2.45) is 0 Å². The molecule has 228 valence electrons. The first kappa shape index (κ1) is 30.0. The van der Waals surface area contributed by atoms with Gasteiger partial charge in [0.2, 0.25) is 11.8 Å². The third kappa shape index (κ3) is 5.91. The lowest BCUT2D eigenvalue weighted by atomic mass is 10.0. The molecule has 1 aliphatic heterocycles. The lowest BCUT2D eigenvalue weighted by molar-refractivity contribution is -0.137. The number of likely N-dealkylation sites (tertiary alicyclic amines) is 1. The molecule has 0 radical (unpaired) electrons. The Morgan fingerprint density at radius 3 is 2.56 bits per heavy atom. The minimum Gasteiger partial charge on any atom is -0.337 e. The topological polar surface area (TPSA) is 110 Å². The molecular formula is C33H27ClF2N6O3. The van der Waals surface area contributed by atoms with Gasteiger partial charge in [0.25, 0.3) is 0 Å². The Labute approximate surface area is 261 Å². The molecule has 0 saturated carbocycles. The van der Waals surface area contributed by atoms with Crippen LogP contribution >= 0.6 is 11.6 Å². The molecule has 0 aliphatic carbocycles. The Hall–Kier alpha value is -5.03. The second-order valence-electron chi connectivity index (χ2n) is 10.9. The Balaban J connectivity index is 1.25. The molecule has 1 fully saturated rings. The number of hydrogen-bond acceptors (Lipinski definition) is 6. The molecule has 0 unspecified atom stereocenters. The highest BCUT2D eigenvalue weighted by Gasteiger charge is 2.40. The van der Waals surface area contributed by atoms with Crippen LogP contribution in [-0.2, 0) is 16.1 Å². The van der Waals surface area contributed by atoms with E-state index in [4.69, 9.17) is 11.6 Å². The third-order valence-electron chi connectivity index (χ3n) is 7.87. The smallest absolute Gasteiger partial charge is 0.247 e. The standard InChI is InChI=1S/C33H27ClF2N6O3/c1-18(43)26-16-41(29-7-6-20(10-25(26)29)21-12-38-19(2)39-13-21)17-31(44)42-15-22(35)11-30(42)33(45)40-28-5-3-4-24(32(28)36)23-8-9-37-14-27(23)34/h3-10,12-14,16,22,30H,11,15,17H2,1-2H3,(H,40,45)/t22-,30+/m1/s1. The van der Waals surface area contributed by atoms with Crippen LogP contribution in [0.4, 0.5) is 14.5 Å². The van der Waals surface area contributed by atoms with Gasteiger partial charge in [0.15, 0.2) is 11.6 Å². The van der Waals surface area contributed by atoms with Gasteiger partial charge in [-0.15, -0.1) is 0 Å². The summed E-state index contributed by atoms with van der Waals surface area (Å²) in [5, 5.41) is 3.40. The van der Waals surface area contributed by atoms with Gasteiger partial charge < -0.3 is 14.8 Å². The Kier molecular flexibility index (Phi) is 8.11. The summed E-state index contributed by atoms with van der Waals surface area (Å²) in [5.74, 6) is -1.52. The number of alkyl halides is 1. The van der Waals surface area contributed by atoms with Crippen molar-refractivity contribution >= 4 is 45.8 Å². The Bertz CT molecular complexity index is 1960. The fraction of sp³-hybridized carbons (Fsp3) is 0.212. The monoisotopic (exact) mass is 628 g/mol. The highest BCUT2D eigenvalue weighted by molar-refractivity contribution is 6.33. The minimum atomic E-state index is -1.44. The Morgan fingerprint density at radius 2 is 1.82 bits per heavy atom. The number of Topliss-reactive ketones (excluding diaryl/α,β-unsaturated/α-hetero) is 1. The number of rotatable bonds is 7. The van der Waals surface area contributed by atoms with Gasteiger partial charge in [-0.1, -0.05) is 29.8 Å². The van der Waals surface area contributed by atoms with Gasteiger partial charge in [0.05, 0.1) is 17.3 Å². The first-order valence-corrected chi connectivity index (χ1v) is 14.5. The number of benzene rings is 2. The fourth-order valence-electron chi connectivity index (χ4n) is 5.62. The van der Waals surface area contributed by atoms with Crippen molar-refractivity contribution in [1.82, 2.24) is 24.4 Å². The van der Waals surface area contributed by atoms with E-state index in [0.29, 0.717) is 27.9 Å². The maximum absolute atomic E-state index is 15.5. The predicted octanol–water partition coefficient (Wildman–Crippen LogP) is 6.04. The number of anilines is 1. The van der Waals surface area contributed by atoms with E-state index in [1.54, 1.807) is 48.3 Å². The maximum atomic E-state index is 15.5. The molecule has 2 aromatic carbocycles. The van der Waals surface area contributed by atoms with Crippen LogP contribution in [0.15, 0.2) is 73.4 Å². The van der Waals surface area contributed by atoms with E-state index in [0.717, 1.165) is 11.1 Å². The quantitative estimate of drug-likeness (QED) is 0.220. The summed E-state index contributed by atoms with van der Waals surface area (Å²) in [4.78, 5) is 53.0. The number of aromatic nitrogens is 4. The van der Waals surface area contributed by atoms with Crippen molar-refractivity contribution in [3.05, 3.63) is 95.7 Å². The summed E-state index contributed by atoms with van der Waals surface area (Å²) in [6.07, 6.45) is 6.16. The maximum Gasteiger partial charge on any atom is 0.247 e. The first-order chi connectivity index (χ1) is 21.6. The van der Waals surface area contributed by atoms with Crippen LogP contribution in [0, 0.1) is 12.7 Å². The van der Waals surface area contributed by atoms with E-state index in [9.17, 15) is 18.8 Å². The average molecular weight is 629 g/mol. The summed E-state index contributed by atoms with van der Waals surface area (Å²) in [6, 6.07) is 10.3. The van der Waals surface area contributed by atoms with Crippen molar-refractivity contribution in [3.63, 3.8) is 0 Å². The molecular weight excluding hydrogens is 602 g/mol. The normalized spacial score (nSPS) is 16.2. The molecule has 2 amide bonds. The number of carbonyl (C=O) groups is 3. The molecule has 1 saturated heterocycles. The van der Waals surface area contributed by atoms with Crippen LogP contribution in [-0.4, -0.2) is 60.8 Å². The van der Waals surface area contributed by atoms with Gasteiger partial charge in [-0.25, -0.2) is 18.7 Å². The van der Waals surface area contributed by atoms with Gasteiger partial charge in [0, 0.05) is 70.6 Å². The largest absolute Gasteiger partial charge is 0.337 e. The number of amides is 2. The molecule has 4 heterocycles. The molecule has 0 spiro atoms. The second kappa shape index (κ2) is 12.2. The molecule has 12 heteroatoms. The van der Waals surface area contributed by atoms with Crippen LogP contribution in [0.25, 0.3) is 33.2 Å². The molecule has 1 aliphatic rings. The molecule has 6 rings (SSSR count). The zero-order chi connectivity index (χ0) is 31.8. The van der Waals surface area contributed by atoms with E-state index in [-0.39, 0.29) is 41.6 Å². The van der Waals surface area contributed by atoms with Crippen molar-refractivity contribution in [1.29, 1.82) is 0 Å². The molecule has 9 nitrogen and oxygen atoms in total. The van der Waals surface area contributed by atoms with Gasteiger partial charge in [-0.05, 0) is 43.7 Å². The number of fused-ring (bicyclic) bond motifs is 1. The van der Waals surface area contributed by atoms with Crippen molar-refractivity contribution in [2.75, 3.05) is 11.9 Å². The number of aryl methyl sites for hydroxylation is 1. The summed E-state index contributed by atoms with van der Waals surface area (Å²) in [7, 11) is 0. The molecule has 2 atom stereocenters. The van der Waals surface area contributed by atoms with Crippen molar-refractivity contribution in [3.8, 4) is 22.3 Å². The number of hydrogen-bond donors (Lipinski definition) is 1. The number of nitrogens with one attached hydrogen (secondary N) is 1. The van der Waals surface area contributed by atoms with Crippen molar-refractivity contribution < 1.29 is 23.2 Å². The highest BCUT2D eigenvalue weighted by Crippen LogP contribution is 2.33. The third-order valence-corrected chi connectivity index (χ3v) is 8.17. The van der Waals surface area contributed by atoms with Gasteiger partial charge >= 0.3 is 0 Å². The lowest BCUT2D eigenvalue weighted by Gasteiger charge is -2.24. The van der Waals surface area contributed by atoms with E-state index >= 15 is 4.39 Å². The number of ketones is 1. The van der Waals surface area contributed by atoms with E-state index < -0.39 is 29.8 Å². The predicted molar refractivity (Wildman–Crippen MR) is 166 cm³/mol. The molecule has 45 heavy (non-hydrogen) atoms. The van der Waals surface area contributed by atoms with Crippen LogP contribution < -0.4 is 5.32 Å². The molecule has 3 aromatic heterocycles. The van der Waals surface area contributed by atoms with E-state index in [1.807, 2.05) is 12.1 Å². The van der Waals surface area contributed by atoms with Crippen LogP contribution in [0.2, 0.25) is 5.02 Å². The summed E-state index contributed by atoms with van der Waals surface area (Å²) in [5.41, 5.74) is 3.02. The summed E-state index contributed by atoms with van der Waals surface area (Å²) >= 11 is 6.20. The first-order valence-electron chi connectivity index (χ1n) is 14.2. The van der Waals surface area contributed by atoms with E-state index in [2.05, 4.69) is 20.3 Å². The lowest BCUT2D eigenvalue weighted by Crippen LogP contribution is -2.44. The molecule has 5 aromatic rings.